The average Bonchev–Trinajstić information content (AvgIpc) is 3.54. The van der Waals surface area contributed by atoms with Crippen molar-refractivity contribution in [2.45, 2.75) is 69.7 Å². The minimum absolute atomic E-state index is 0.0734. The smallest absolute Gasteiger partial charge is 0.237 e. The number of nitrogens with zero attached hydrogens (tertiary/aromatic N) is 3. The van der Waals surface area contributed by atoms with Crippen molar-refractivity contribution < 1.29 is 9.59 Å². The van der Waals surface area contributed by atoms with Gasteiger partial charge in [-0.05, 0) is 61.9 Å². The van der Waals surface area contributed by atoms with Gasteiger partial charge in [0.1, 0.15) is 5.82 Å². The number of benzene rings is 2. The number of thioether (sulfide) groups is 1. The molecule has 1 fully saturated rings. The minimum Gasteiger partial charge on any atom is -0.326 e. The summed E-state index contributed by atoms with van der Waals surface area (Å²) in [6.07, 6.45) is 2.16. The van der Waals surface area contributed by atoms with Gasteiger partial charge < -0.3 is 10.6 Å². The molecule has 0 spiro atoms. The van der Waals surface area contributed by atoms with Crippen LogP contribution >= 0.6 is 11.8 Å². The van der Waals surface area contributed by atoms with Gasteiger partial charge in [-0.15, -0.1) is 10.2 Å². The van der Waals surface area contributed by atoms with E-state index in [0.29, 0.717) is 22.7 Å². The largest absolute Gasteiger partial charge is 0.326 e. The molecule has 0 aliphatic heterocycles. The van der Waals surface area contributed by atoms with Crippen LogP contribution in [0, 0.1) is 6.92 Å². The van der Waals surface area contributed by atoms with Crippen LogP contribution in [0.25, 0.3) is 5.69 Å². The Labute approximate surface area is 204 Å². The van der Waals surface area contributed by atoms with E-state index in [9.17, 15) is 9.59 Å². The van der Waals surface area contributed by atoms with Crippen molar-refractivity contribution in [3.8, 4) is 5.69 Å². The van der Waals surface area contributed by atoms with Crippen molar-refractivity contribution in [1.29, 1.82) is 0 Å². The molecule has 1 saturated carbocycles. The Balaban J connectivity index is 1.59. The van der Waals surface area contributed by atoms with E-state index in [1.54, 1.807) is 0 Å². The number of amides is 2. The molecule has 8 heteroatoms. The number of carbonyl (C=O) groups excluding carboxylic acids is 2. The van der Waals surface area contributed by atoms with E-state index >= 15 is 0 Å². The molecule has 1 aliphatic rings. The third kappa shape index (κ3) is 5.33. The van der Waals surface area contributed by atoms with Gasteiger partial charge in [0.2, 0.25) is 11.8 Å². The highest BCUT2D eigenvalue weighted by atomic mass is 32.2. The van der Waals surface area contributed by atoms with Crippen molar-refractivity contribution in [1.82, 2.24) is 14.8 Å². The Kier molecular flexibility index (Phi) is 7.07. The van der Waals surface area contributed by atoms with Gasteiger partial charge in [0.15, 0.2) is 5.16 Å². The van der Waals surface area contributed by atoms with Gasteiger partial charge in [0, 0.05) is 24.2 Å². The van der Waals surface area contributed by atoms with Crippen LogP contribution < -0.4 is 10.6 Å². The molecule has 1 aliphatic carbocycles. The second-order valence-corrected chi connectivity index (χ2v) is 10.4. The SMILES string of the molecule is CC(=O)Nc1cccc(-n2c(SC(C)C(=O)Nc3c(C)cccc3C(C)C)nnc2C2CC2)c1. The molecular weight excluding hydrogens is 446 g/mol. The molecule has 1 heterocycles. The summed E-state index contributed by atoms with van der Waals surface area (Å²) in [7, 11) is 0. The van der Waals surface area contributed by atoms with Crippen molar-refractivity contribution in [2.24, 2.45) is 0 Å². The second-order valence-electron chi connectivity index (χ2n) is 9.13. The Morgan fingerprint density at radius 1 is 1.06 bits per heavy atom. The first-order valence-electron chi connectivity index (χ1n) is 11.6. The lowest BCUT2D eigenvalue weighted by atomic mass is 9.98. The van der Waals surface area contributed by atoms with E-state index in [-0.39, 0.29) is 17.1 Å². The van der Waals surface area contributed by atoms with Gasteiger partial charge in [-0.3, -0.25) is 14.2 Å². The summed E-state index contributed by atoms with van der Waals surface area (Å²) in [6.45, 7) is 9.64. The van der Waals surface area contributed by atoms with E-state index in [0.717, 1.165) is 41.2 Å². The Hall–Kier alpha value is -3.13. The van der Waals surface area contributed by atoms with Crippen LogP contribution in [0.3, 0.4) is 0 Å². The zero-order chi connectivity index (χ0) is 24.4. The third-order valence-electron chi connectivity index (χ3n) is 5.85. The molecular formula is C26H31N5O2S. The van der Waals surface area contributed by atoms with E-state index in [1.165, 1.54) is 18.7 Å². The van der Waals surface area contributed by atoms with Gasteiger partial charge in [-0.25, -0.2) is 0 Å². The predicted molar refractivity (Wildman–Crippen MR) is 137 cm³/mol. The lowest BCUT2D eigenvalue weighted by Crippen LogP contribution is -2.24. The molecule has 1 atom stereocenters. The van der Waals surface area contributed by atoms with Crippen LogP contribution in [0.4, 0.5) is 11.4 Å². The maximum Gasteiger partial charge on any atom is 0.237 e. The van der Waals surface area contributed by atoms with Gasteiger partial charge in [0.25, 0.3) is 0 Å². The zero-order valence-electron chi connectivity index (χ0n) is 20.3. The maximum atomic E-state index is 13.2. The lowest BCUT2D eigenvalue weighted by molar-refractivity contribution is -0.115. The van der Waals surface area contributed by atoms with Crippen LogP contribution in [0.2, 0.25) is 0 Å². The van der Waals surface area contributed by atoms with Gasteiger partial charge >= 0.3 is 0 Å². The number of hydrogen-bond donors (Lipinski definition) is 2. The molecule has 34 heavy (non-hydrogen) atoms. The number of carbonyl (C=O) groups is 2. The minimum atomic E-state index is -0.381. The van der Waals surface area contributed by atoms with Crippen molar-refractivity contribution in [2.75, 3.05) is 10.6 Å². The molecule has 178 valence electrons. The number of nitrogens with one attached hydrogen (secondary N) is 2. The number of aryl methyl sites for hydroxylation is 1. The normalized spacial score (nSPS) is 14.2. The summed E-state index contributed by atoms with van der Waals surface area (Å²) in [6, 6.07) is 13.7. The Morgan fingerprint density at radius 3 is 2.47 bits per heavy atom. The van der Waals surface area contributed by atoms with Gasteiger partial charge in [0.05, 0.1) is 10.9 Å². The molecule has 0 radical (unpaired) electrons. The first-order chi connectivity index (χ1) is 16.2. The highest BCUT2D eigenvalue weighted by molar-refractivity contribution is 8.00. The third-order valence-corrected chi connectivity index (χ3v) is 6.89. The number of hydrogen-bond acceptors (Lipinski definition) is 5. The predicted octanol–water partition coefficient (Wildman–Crippen LogP) is 5.65. The first kappa shape index (κ1) is 24.0. The lowest BCUT2D eigenvalue weighted by Gasteiger charge is -2.19. The molecule has 7 nitrogen and oxygen atoms in total. The molecule has 1 unspecified atom stereocenters. The summed E-state index contributed by atoms with van der Waals surface area (Å²) < 4.78 is 2.02. The average molecular weight is 478 g/mol. The molecule has 2 aromatic carbocycles. The van der Waals surface area contributed by atoms with E-state index < -0.39 is 0 Å². The molecule has 4 rings (SSSR count). The second kappa shape index (κ2) is 10.0. The maximum absolute atomic E-state index is 13.2. The molecule has 2 amide bonds. The highest BCUT2D eigenvalue weighted by Crippen LogP contribution is 2.42. The molecule has 1 aromatic heterocycles. The quantitative estimate of drug-likeness (QED) is 0.409. The molecule has 0 saturated heterocycles. The zero-order valence-corrected chi connectivity index (χ0v) is 21.1. The molecule has 0 bridgehead atoms. The number of rotatable bonds is 8. The molecule has 2 N–H and O–H groups in total. The number of aromatic nitrogens is 3. The fraction of sp³-hybridized carbons (Fsp3) is 0.385. The summed E-state index contributed by atoms with van der Waals surface area (Å²) >= 11 is 1.39. The molecule has 3 aromatic rings. The first-order valence-corrected chi connectivity index (χ1v) is 12.5. The highest BCUT2D eigenvalue weighted by Gasteiger charge is 2.32. The summed E-state index contributed by atoms with van der Waals surface area (Å²) in [5.41, 5.74) is 4.64. The van der Waals surface area contributed by atoms with E-state index in [2.05, 4.69) is 40.7 Å². The van der Waals surface area contributed by atoms with Crippen LogP contribution in [0.5, 0.6) is 0 Å². The summed E-state index contributed by atoms with van der Waals surface area (Å²) in [4.78, 5) is 24.7. The van der Waals surface area contributed by atoms with Crippen LogP contribution in [-0.4, -0.2) is 31.8 Å². The van der Waals surface area contributed by atoms with E-state index in [1.807, 2.05) is 54.8 Å². The van der Waals surface area contributed by atoms with Crippen LogP contribution in [0.1, 0.15) is 69.3 Å². The van der Waals surface area contributed by atoms with Crippen molar-refractivity contribution in [3.63, 3.8) is 0 Å². The van der Waals surface area contributed by atoms with Crippen LogP contribution in [-0.2, 0) is 9.59 Å². The Morgan fingerprint density at radius 2 is 1.79 bits per heavy atom. The van der Waals surface area contributed by atoms with E-state index in [4.69, 9.17) is 0 Å². The van der Waals surface area contributed by atoms with Crippen molar-refractivity contribution in [3.05, 3.63) is 59.4 Å². The number of para-hydroxylation sites is 1. The fourth-order valence-corrected chi connectivity index (χ4v) is 4.79. The summed E-state index contributed by atoms with van der Waals surface area (Å²) in [5.74, 6) is 1.38. The fourth-order valence-electron chi connectivity index (χ4n) is 3.91. The van der Waals surface area contributed by atoms with Gasteiger partial charge in [-0.1, -0.05) is 49.9 Å². The van der Waals surface area contributed by atoms with Crippen LogP contribution in [0.15, 0.2) is 47.6 Å². The monoisotopic (exact) mass is 477 g/mol. The number of anilines is 2. The Bertz CT molecular complexity index is 1220. The van der Waals surface area contributed by atoms with Crippen molar-refractivity contribution >= 4 is 35.0 Å². The standard InChI is InChI=1S/C26H31N5O2S/c1-15(2)22-11-6-8-16(3)23(22)28-25(33)17(4)34-26-30-29-24(19-12-13-19)31(26)21-10-7-9-20(14-21)27-18(5)32/h6-11,14-15,17,19H,12-13H2,1-5H3,(H,27,32)(H,28,33). The van der Waals surface area contributed by atoms with Gasteiger partial charge in [-0.2, -0.15) is 0 Å². The summed E-state index contributed by atoms with van der Waals surface area (Å²) in [5, 5.41) is 15.2. The topological polar surface area (TPSA) is 88.9 Å².